The summed E-state index contributed by atoms with van der Waals surface area (Å²) in [6.07, 6.45) is 36.8. The third kappa shape index (κ3) is 150. The van der Waals surface area contributed by atoms with Crippen LogP contribution < -0.4 is 0 Å². The first-order valence-corrected chi connectivity index (χ1v) is 56.3. The normalized spacial score (nSPS) is 10.6. The fourth-order valence-corrected chi connectivity index (χ4v) is 13.1. The van der Waals surface area contributed by atoms with Crippen molar-refractivity contribution in [2.75, 3.05) is 40.8 Å². The molecule has 0 aromatic heterocycles. The zero-order chi connectivity index (χ0) is 94.9. The first-order chi connectivity index (χ1) is 57.6. The van der Waals surface area contributed by atoms with Crippen LogP contribution in [-0.2, 0) is 159 Å². The Labute approximate surface area is 783 Å². The van der Waals surface area contributed by atoms with Crippen molar-refractivity contribution >= 4 is 159 Å². The van der Waals surface area contributed by atoms with Gasteiger partial charge >= 0.3 is 0 Å². The molecule has 0 radical (unpaired) electrons. The summed E-state index contributed by atoms with van der Waals surface area (Å²) in [6.45, 7) is 11.4. The van der Waals surface area contributed by atoms with Gasteiger partial charge in [-0.1, -0.05) is 349 Å². The maximum Gasteiger partial charge on any atom is 0.150 e. The molecule has 0 aliphatic heterocycles. The van der Waals surface area contributed by atoms with Crippen molar-refractivity contribution in [2.45, 2.75) is 288 Å². The number of benzene rings is 7. The smallest absolute Gasteiger partial charge is 0.150 e. The summed E-state index contributed by atoms with van der Waals surface area (Å²) in [7, 11) is -27.6. The summed E-state index contributed by atoms with van der Waals surface area (Å²) in [5.74, 6) is -1.35. The van der Waals surface area contributed by atoms with Crippen LogP contribution in [0.3, 0.4) is 0 Å². The van der Waals surface area contributed by atoms with Gasteiger partial charge in [0.15, 0.2) is 0 Å². The van der Waals surface area contributed by atoms with Crippen LogP contribution >= 0.6 is 0 Å². The van der Waals surface area contributed by atoms with Crippen molar-refractivity contribution in [3.05, 3.63) is 212 Å². The molecule has 0 spiro atoms. The van der Waals surface area contributed by atoms with Crippen LogP contribution in [0.15, 0.2) is 247 Å². The van der Waals surface area contributed by atoms with Gasteiger partial charge in [-0.15, -0.1) is 0 Å². The summed E-state index contributed by atoms with van der Waals surface area (Å²) in [5, 5.41) is 0. The molecule has 0 fully saturated rings. The Hall–Kier alpha value is -3.64. The molecule has 710 valence electrons. The lowest BCUT2D eigenvalue weighted by Crippen LogP contribution is -2.03. The third-order valence-electron chi connectivity index (χ3n) is 15.2. The highest BCUT2D eigenvalue weighted by Crippen LogP contribution is 2.15. The van der Waals surface area contributed by atoms with Gasteiger partial charge in [-0.3, -0.25) is 0 Å². The maximum absolute atomic E-state index is 10.4. The fourth-order valence-electron chi connectivity index (χ4n) is 8.94. The van der Waals surface area contributed by atoms with E-state index < -0.39 is 70.8 Å². The van der Waals surface area contributed by atoms with Gasteiger partial charge in [-0.05, 0) is 205 Å². The molecule has 0 heterocycles. The summed E-state index contributed by atoms with van der Waals surface area (Å²) in [5.41, 5.74) is 0. The maximum atomic E-state index is 10.4. The Morgan fingerprint density at radius 3 is 0.366 bits per heavy atom. The molecule has 0 N–H and O–H groups in total. The fraction of sp³-hybridized carbons (Fsp3) is 0.523. The minimum absolute atomic E-state index is 0.189. The van der Waals surface area contributed by atoms with E-state index in [4.69, 9.17) is 13.0 Å². The van der Waals surface area contributed by atoms with E-state index >= 15 is 0 Å². The Morgan fingerprint density at radius 2 is 0.293 bits per heavy atom. The van der Waals surface area contributed by atoms with Crippen LogP contribution in [0.1, 0.15) is 253 Å². The van der Waals surface area contributed by atoms with Crippen LogP contribution in [-0.4, -0.2) is 132 Å². The van der Waals surface area contributed by atoms with Crippen LogP contribution in [0.5, 0.6) is 0 Å². The molecule has 0 bridgehead atoms. The summed E-state index contributed by atoms with van der Waals surface area (Å²) in [6, 6.07) is 69.7. The molecular weight excluding hydrogens is 1840 g/mol. The van der Waals surface area contributed by atoms with Crippen molar-refractivity contribution < 1.29 is 90.8 Å². The van der Waals surface area contributed by atoms with E-state index in [9.17, 15) is 77.8 Å². The lowest BCUT2D eigenvalue weighted by molar-refractivity contribution is 0.457. The highest BCUT2D eigenvalue weighted by Gasteiger charge is 2.00. The second kappa shape index (κ2) is 91.7. The average Bonchev–Trinajstić information content (AvgIpc) is 0.983. The van der Waals surface area contributed by atoms with Gasteiger partial charge in [0.2, 0.25) is 0 Å². The van der Waals surface area contributed by atoms with Gasteiger partial charge in [-0.2, -0.15) is 0 Å². The zero-order valence-electron chi connectivity index (χ0n) is 73.2. The lowest BCUT2D eigenvalue weighted by Gasteiger charge is -2.06. The number of hydrogen-bond donors (Lipinski definition) is 0. The molecule has 0 amide bonds. The van der Waals surface area contributed by atoms with Crippen LogP contribution in [0.25, 0.3) is 0 Å². The molecule has 7 aromatic rings. The number of rotatable bonds is 39. The molecule has 0 saturated carbocycles. The number of unbranched alkanes of at least 4 members (excludes halogenated alkanes) is 28. The summed E-state index contributed by atoms with van der Waals surface area (Å²) >= 11 is 23.5. The Bertz CT molecular complexity index is 3840. The lowest BCUT2D eigenvalue weighted by atomic mass is 10.0. The third-order valence-corrected chi connectivity index (χ3v) is 22.3. The van der Waals surface area contributed by atoms with Gasteiger partial charge in [0.25, 0.3) is 0 Å². The zero-order valence-corrected chi connectivity index (χ0v) is 85.9. The average molecular weight is 1990 g/mol. The van der Waals surface area contributed by atoms with Gasteiger partial charge in [0, 0.05) is 40.8 Å². The molecule has 7 rings (SSSR count). The van der Waals surface area contributed by atoms with Gasteiger partial charge in [0.05, 0.1) is 70.8 Å². The first kappa shape index (κ1) is 132. The Kier molecular flexibility index (Phi) is 98.7. The topological polar surface area (TPSA) is 400 Å². The minimum atomic E-state index is -3.99. The standard InChI is InChI=1S/C16H34O3S.C12H26O3S.C8H18O3S.7C6H6S.C4H10O3S.C3H8O3S.C2H6O3S.CH4O3S/c1-2-3-4-5-6-7-8-9-10-11-12-13-14-15-16-20(17,18)19;1-2-3-4-5-6-7-8-9-10-11-12-16(13,14)15;1-2-3-4-5-6-7-8-12(9,10)11;7*7-6-4-2-1-3-5-6;1-2-3-4-8(5,6)7;1-2-3-7(4,5)6;1-2-6(3,4)5;1-5(2,3)4/h2-16H2,1H3,(H,17,18,19);2-12H2,1H3,(H,13,14,15);2-8H2,1H3,(H,9,10,11);7*1-5,7H;2-4H2,1H3,(H,5,6,7);2-3H2,1H3,(H,4,5,6);2H2,1H3,(H,3,4,5);1H3,(H,2,3,4). The van der Waals surface area contributed by atoms with Gasteiger partial charge < -0.3 is 31.9 Å². The van der Waals surface area contributed by atoms with Crippen molar-refractivity contribution in [2.24, 2.45) is 0 Å². The number of hydrogen-bond acceptors (Lipinski definition) is 21. The van der Waals surface area contributed by atoms with Crippen molar-refractivity contribution in [1.82, 2.24) is 0 Å². The Balaban J connectivity index is -0.000000240. The SMILES string of the molecule is CCCCCCCCCCCCCCCCS(=O)(=O)[O-].CCCCCCCCCCCCS(=O)(=O)[O-].CCCCCCCCS(=O)(=O)[O-].CCCCS(=O)(=O)[O-].CCCS(=O)(=O)[O-].CCS(=O)(=O)[O-].CS(=O)(=O)[O-].[SH2+]c1ccccc1.[SH2+]c1ccccc1.[SH2+]c1ccccc1.[SH2+]c1ccccc1.[SH2+]c1ccccc1.[SH2+]c1ccccc1.[SH2+]c1ccccc1. The highest BCUT2D eigenvalue weighted by atomic mass is 32.2. The van der Waals surface area contributed by atoms with E-state index in [0.717, 1.165) is 85.6 Å². The summed E-state index contributed by atoms with van der Waals surface area (Å²) in [4.78, 5) is 7.89. The molecule has 0 saturated heterocycles. The van der Waals surface area contributed by atoms with E-state index in [1.165, 1.54) is 135 Å². The Morgan fingerprint density at radius 1 is 0.179 bits per heavy atom. The monoisotopic (exact) mass is 1990 g/mol. The molecule has 0 aliphatic rings. The second-order valence-corrected chi connectivity index (χ2v) is 42.1. The quantitative estimate of drug-likeness (QED) is 0.0196. The molecule has 21 nitrogen and oxygen atoms in total. The van der Waals surface area contributed by atoms with Crippen LogP contribution in [0.2, 0.25) is 0 Å². The molecule has 0 unspecified atom stereocenters. The van der Waals surface area contributed by atoms with Crippen molar-refractivity contribution in [3.63, 3.8) is 0 Å². The predicted molar refractivity (Wildman–Crippen MR) is 533 cm³/mol. The van der Waals surface area contributed by atoms with E-state index in [2.05, 4.69) is 109 Å². The largest absolute Gasteiger partial charge is 0.748 e. The van der Waals surface area contributed by atoms with Crippen molar-refractivity contribution in [1.29, 1.82) is 0 Å². The molecular formula is C88H148O21S14. The summed E-state index contributed by atoms with van der Waals surface area (Å²) < 4.78 is 207. The van der Waals surface area contributed by atoms with E-state index in [0.29, 0.717) is 38.4 Å². The van der Waals surface area contributed by atoms with E-state index in [1.54, 1.807) is 6.92 Å². The van der Waals surface area contributed by atoms with Gasteiger partial charge in [-0.25, -0.2) is 58.9 Å². The predicted octanol–water partition coefficient (Wildman–Crippen LogP) is 16.7. The van der Waals surface area contributed by atoms with E-state index in [1.807, 2.05) is 219 Å². The van der Waals surface area contributed by atoms with Crippen molar-refractivity contribution in [3.8, 4) is 0 Å². The van der Waals surface area contributed by atoms with Crippen LogP contribution in [0, 0.1) is 0 Å². The molecule has 0 aliphatic carbocycles. The molecule has 35 heteroatoms. The molecule has 7 aromatic carbocycles. The molecule has 123 heavy (non-hydrogen) atoms. The molecule has 0 atom stereocenters. The minimum Gasteiger partial charge on any atom is -0.748 e. The van der Waals surface area contributed by atoms with E-state index in [-0.39, 0.29) is 34.5 Å². The highest BCUT2D eigenvalue weighted by molar-refractivity contribution is 7.87. The second-order valence-electron chi connectivity index (χ2n) is 27.3. The first-order valence-electron chi connectivity index (χ1n) is 41.5. The van der Waals surface area contributed by atoms with Gasteiger partial charge in [0.1, 0.15) is 34.3 Å². The van der Waals surface area contributed by atoms with Crippen LogP contribution in [0.4, 0.5) is 0 Å².